The van der Waals surface area contributed by atoms with E-state index in [9.17, 15) is 0 Å². The van der Waals surface area contributed by atoms with Gasteiger partial charge in [0.1, 0.15) is 0 Å². The van der Waals surface area contributed by atoms with Gasteiger partial charge in [0.2, 0.25) is 0 Å². The van der Waals surface area contributed by atoms with E-state index in [1.54, 1.807) is 0 Å². The number of allylic oxidation sites excluding steroid dienone is 4. The van der Waals surface area contributed by atoms with Gasteiger partial charge in [0.05, 0.1) is 0 Å². The summed E-state index contributed by atoms with van der Waals surface area (Å²) in [5.41, 5.74) is 2.91. The van der Waals surface area contributed by atoms with Crippen molar-refractivity contribution in [2.45, 2.75) is 73.0 Å². The summed E-state index contributed by atoms with van der Waals surface area (Å²) in [5, 5.41) is 1.81. The van der Waals surface area contributed by atoms with E-state index in [1.165, 1.54) is 20.2 Å². The molecule has 0 saturated carbocycles. The topological polar surface area (TPSA) is 9.23 Å². The van der Waals surface area contributed by atoms with Crippen LogP contribution in [0.15, 0.2) is 39.8 Å². The van der Waals surface area contributed by atoms with Gasteiger partial charge in [-0.25, -0.2) is 0 Å². The molecule has 1 aromatic rings. The molecule has 0 unspecified atom stereocenters. The molecule has 0 spiro atoms. The van der Waals surface area contributed by atoms with Gasteiger partial charge in [-0.15, -0.1) is 0 Å². The summed E-state index contributed by atoms with van der Waals surface area (Å²) in [5.74, 6) is 1.03. The second-order valence-corrected chi connectivity index (χ2v) is 18.1. The summed E-state index contributed by atoms with van der Waals surface area (Å²) in [7, 11) is -1.58. The monoisotopic (exact) mass is 404 g/mol. The van der Waals surface area contributed by atoms with Crippen molar-refractivity contribution < 1.29 is 21.1 Å². The first-order valence-corrected chi connectivity index (χ1v) is 15.2. The molecule has 2 rings (SSSR count). The second-order valence-electron chi connectivity index (χ2n) is 10.2. The molecule has 0 aromatic heterocycles. The third kappa shape index (κ3) is 4.58. The summed E-state index contributed by atoms with van der Waals surface area (Å²) in [4.78, 5) is 4.51. The molecule has 142 valence electrons. The SMILES string of the molecule is [CH2]=[Ti]([O]c1cc(C)cc([Si](C)(C)C(C)(C)C)c1)[C]1=C(C(C)(C)C)C=CC1. The molecule has 0 radical (unpaired) electrons. The fraction of sp³-hybridized carbons (Fsp3) is 0.522. The minimum atomic E-state index is -2.00. The third-order valence-corrected chi connectivity index (χ3v) is 14.0. The first-order chi connectivity index (χ1) is 11.7. The zero-order chi connectivity index (χ0) is 19.9. The molecule has 1 nitrogen and oxygen atoms in total. The van der Waals surface area contributed by atoms with Crippen LogP contribution in [0.3, 0.4) is 0 Å². The van der Waals surface area contributed by atoms with Gasteiger partial charge >= 0.3 is 169 Å². The van der Waals surface area contributed by atoms with E-state index in [-0.39, 0.29) is 5.41 Å². The van der Waals surface area contributed by atoms with Crippen LogP contribution in [0.2, 0.25) is 18.1 Å². The first-order valence-electron chi connectivity index (χ1n) is 9.63. The van der Waals surface area contributed by atoms with E-state index in [0.29, 0.717) is 5.04 Å². The average molecular weight is 404 g/mol. The molecule has 0 saturated heterocycles. The van der Waals surface area contributed by atoms with E-state index in [0.717, 1.165) is 12.2 Å². The van der Waals surface area contributed by atoms with Crippen molar-refractivity contribution in [3.8, 4) is 5.75 Å². The number of benzene rings is 1. The van der Waals surface area contributed by atoms with Crippen LogP contribution < -0.4 is 8.51 Å². The Kier molecular flexibility index (Phi) is 6.13. The van der Waals surface area contributed by atoms with E-state index >= 15 is 0 Å². The first kappa shape index (κ1) is 21.6. The van der Waals surface area contributed by atoms with Gasteiger partial charge in [-0.1, -0.05) is 0 Å². The molecular weight excluding hydrogens is 368 g/mol. The quantitative estimate of drug-likeness (QED) is 0.534. The van der Waals surface area contributed by atoms with E-state index in [4.69, 9.17) is 3.32 Å². The molecule has 3 heteroatoms. The van der Waals surface area contributed by atoms with Crippen molar-refractivity contribution >= 4 is 18.1 Å². The molecule has 0 bridgehead atoms. The Balaban J connectivity index is 2.36. The molecule has 0 N–H and O–H groups in total. The van der Waals surface area contributed by atoms with Gasteiger partial charge in [-0.3, -0.25) is 0 Å². The molecule has 1 aliphatic carbocycles. The van der Waals surface area contributed by atoms with Crippen molar-refractivity contribution in [3.63, 3.8) is 0 Å². The van der Waals surface area contributed by atoms with Crippen molar-refractivity contribution in [1.82, 2.24) is 0 Å². The molecule has 0 aliphatic heterocycles. The molecule has 0 atom stereocenters. The van der Waals surface area contributed by atoms with E-state index < -0.39 is 25.9 Å². The molecule has 0 amide bonds. The predicted octanol–water partition coefficient (Wildman–Crippen LogP) is 6.31. The van der Waals surface area contributed by atoms with Gasteiger partial charge in [0, 0.05) is 0 Å². The van der Waals surface area contributed by atoms with Crippen LogP contribution in [-0.2, 0) is 17.8 Å². The maximum atomic E-state index is 6.53. The predicted molar refractivity (Wildman–Crippen MR) is 116 cm³/mol. The van der Waals surface area contributed by atoms with Crippen LogP contribution >= 0.6 is 0 Å². The summed E-state index contributed by atoms with van der Waals surface area (Å²) in [6, 6.07) is 6.86. The van der Waals surface area contributed by atoms with Crippen LogP contribution in [-0.4, -0.2) is 12.9 Å². The number of hydrogen-bond donors (Lipinski definition) is 0. The van der Waals surface area contributed by atoms with Crippen LogP contribution in [0.1, 0.15) is 53.5 Å². The second kappa shape index (κ2) is 7.37. The Labute approximate surface area is 168 Å². The Morgan fingerprint density at radius 1 is 1.04 bits per heavy atom. The molecule has 0 fully saturated rings. The molecule has 0 heterocycles. The Bertz CT molecular complexity index is 770. The Hall–Kier alpha value is -0.699. The third-order valence-electron chi connectivity index (χ3n) is 5.96. The van der Waals surface area contributed by atoms with Gasteiger partial charge in [-0.2, -0.15) is 0 Å². The van der Waals surface area contributed by atoms with Crippen LogP contribution in [0.25, 0.3) is 0 Å². The van der Waals surface area contributed by atoms with Gasteiger partial charge < -0.3 is 0 Å². The molecule has 26 heavy (non-hydrogen) atoms. The normalized spacial score (nSPS) is 15.6. The van der Waals surface area contributed by atoms with Crippen molar-refractivity contribution in [2.75, 3.05) is 0 Å². The number of rotatable bonds is 4. The summed E-state index contributed by atoms with van der Waals surface area (Å²) in [6.07, 6.45) is 5.58. The van der Waals surface area contributed by atoms with Crippen molar-refractivity contribution in [1.29, 1.82) is 0 Å². The zero-order valence-electron chi connectivity index (χ0n) is 18.2. The van der Waals surface area contributed by atoms with Crippen LogP contribution in [0.5, 0.6) is 5.75 Å². The van der Waals surface area contributed by atoms with Crippen molar-refractivity contribution in [2.24, 2.45) is 5.41 Å². The van der Waals surface area contributed by atoms with E-state index in [2.05, 4.69) is 96.7 Å². The van der Waals surface area contributed by atoms with Gasteiger partial charge in [0.15, 0.2) is 0 Å². The average Bonchev–Trinajstić information content (AvgIpc) is 2.94. The molecular formula is C23H36OSiTi. The number of aryl methyl sites for hydroxylation is 1. The van der Waals surface area contributed by atoms with Crippen LogP contribution in [0.4, 0.5) is 0 Å². The Morgan fingerprint density at radius 2 is 1.65 bits per heavy atom. The summed E-state index contributed by atoms with van der Waals surface area (Å²) < 4.78 is 8.01. The zero-order valence-corrected chi connectivity index (χ0v) is 20.8. The fourth-order valence-electron chi connectivity index (χ4n) is 3.28. The van der Waals surface area contributed by atoms with Gasteiger partial charge in [0.25, 0.3) is 0 Å². The summed E-state index contributed by atoms with van der Waals surface area (Å²) >= 11 is -2.00. The number of hydrogen-bond acceptors (Lipinski definition) is 1. The van der Waals surface area contributed by atoms with E-state index in [1.807, 2.05) is 0 Å². The standard InChI is InChI=1S/C13H22OSi.C9H13.CH2.Ti/c1-10-7-11(14)9-12(8-10)15(5,6)13(2,3)4;1-9(2,3)8-6-4-5-7-8;;/h7-9,14H,1-6H3;4,6H,5H2,1-3H3;1H2;/q;;;+1/p-1. The Morgan fingerprint density at radius 3 is 2.19 bits per heavy atom. The maximum absolute atomic E-state index is 6.53. The van der Waals surface area contributed by atoms with Crippen LogP contribution in [0, 0.1) is 12.3 Å². The van der Waals surface area contributed by atoms with Crippen molar-refractivity contribution in [3.05, 3.63) is 45.4 Å². The molecule has 1 aromatic carbocycles. The summed E-state index contributed by atoms with van der Waals surface area (Å²) in [6.45, 7) is 21.1. The van der Waals surface area contributed by atoms with Gasteiger partial charge in [-0.05, 0) is 0 Å². The molecule has 1 aliphatic rings. The minimum absolute atomic E-state index is 0.167. The fourth-order valence-corrected chi connectivity index (χ4v) is 7.78.